The summed E-state index contributed by atoms with van der Waals surface area (Å²) in [5, 5.41) is 0. The summed E-state index contributed by atoms with van der Waals surface area (Å²) < 4.78 is 0. The number of nitrogens with zero attached hydrogens (tertiary/aromatic N) is 2. The summed E-state index contributed by atoms with van der Waals surface area (Å²) in [7, 11) is 1.52. The van der Waals surface area contributed by atoms with Gasteiger partial charge in [0.2, 0.25) is 0 Å². The molecule has 1 aromatic carbocycles. The summed E-state index contributed by atoms with van der Waals surface area (Å²) in [6.45, 7) is 3.03. The van der Waals surface area contributed by atoms with Crippen molar-refractivity contribution in [3.8, 4) is 0 Å². The molecule has 0 saturated carbocycles. The lowest BCUT2D eigenvalue weighted by Gasteiger charge is -2.38. The predicted molar refractivity (Wildman–Crippen MR) is 76.9 cm³/mol. The summed E-state index contributed by atoms with van der Waals surface area (Å²) in [5.41, 5.74) is 8.00. The topological polar surface area (TPSA) is 66.6 Å². The number of nitrogens with two attached hydrogens (primary N) is 1. The minimum absolute atomic E-state index is 0.215. The molecule has 2 unspecified atom stereocenters. The number of amides is 2. The van der Waals surface area contributed by atoms with Gasteiger partial charge in [-0.1, -0.05) is 0 Å². The van der Waals surface area contributed by atoms with Gasteiger partial charge in [-0.3, -0.25) is 14.5 Å². The Morgan fingerprint density at radius 3 is 2.60 bits per heavy atom. The maximum atomic E-state index is 12.0. The average Bonchev–Trinajstić information content (AvgIpc) is 2.64. The quantitative estimate of drug-likeness (QED) is 0.781. The Morgan fingerprint density at radius 1 is 1.20 bits per heavy atom. The minimum atomic E-state index is -0.217. The van der Waals surface area contributed by atoms with E-state index >= 15 is 0 Å². The molecule has 1 fully saturated rings. The van der Waals surface area contributed by atoms with Crippen LogP contribution in [0.4, 0.5) is 5.69 Å². The molecule has 2 aliphatic rings. The number of piperidine rings is 1. The van der Waals surface area contributed by atoms with Crippen molar-refractivity contribution in [2.45, 2.75) is 31.8 Å². The molecule has 2 aliphatic heterocycles. The van der Waals surface area contributed by atoms with Crippen LogP contribution in [-0.4, -0.2) is 42.4 Å². The molecule has 3 rings (SSSR count). The van der Waals surface area contributed by atoms with E-state index in [-0.39, 0.29) is 17.9 Å². The highest BCUT2D eigenvalue weighted by molar-refractivity contribution is 6.21. The van der Waals surface area contributed by atoms with Crippen LogP contribution in [0.5, 0.6) is 0 Å². The number of carbonyl (C=O) groups is 2. The van der Waals surface area contributed by atoms with Crippen molar-refractivity contribution < 1.29 is 9.59 Å². The van der Waals surface area contributed by atoms with Gasteiger partial charge in [0.1, 0.15) is 0 Å². The van der Waals surface area contributed by atoms with Crippen molar-refractivity contribution in [1.82, 2.24) is 4.90 Å². The molecule has 0 bridgehead atoms. The van der Waals surface area contributed by atoms with Crippen LogP contribution >= 0.6 is 0 Å². The zero-order valence-corrected chi connectivity index (χ0v) is 11.8. The van der Waals surface area contributed by atoms with Gasteiger partial charge in [0, 0.05) is 31.4 Å². The van der Waals surface area contributed by atoms with Gasteiger partial charge in [0.05, 0.1) is 11.1 Å². The van der Waals surface area contributed by atoms with E-state index in [4.69, 9.17) is 5.73 Å². The largest absolute Gasteiger partial charge is 0.369 e. The van der Waals surface area contributed by atoms with E-state index in [0.29, 0.717) is 17.2 Å². The van der Waals surface area contributed by atoms with E-state index in [1.807, 2.05) is 12.1 Å². The number of carbonyl (C=O) groups excluding carboxylic acids is 2. The molecule has 5 nitrogen and oxygen atoms in total. The molecule has 5 heteroatoms. The van der Waals surface area contributed by atoms with E-state index < -0.39 is 0 Å². The average molecular weight is 273 g/mol. The third-order valence-corrected chi connectivity index (χ3v) is 4.32. The zero-order valence-electron chi connectivity index (χ0n) is 11.8. The first-order valence-electron chi connectivity index (χ1n) is 6.97. The van der Waals surface area contributed by atoms with Gasteiger partial charge in [-0.15, -0.1) is 0 Å². The van der Waals surface area contributed by atoms with E-state index in [0.717, 1.165) is 25.1 Å². The summed E-state index contributed by atoms with van der Waals surface area (Å²) >= 11 is 0. The molecule has 0 aliphatic carbocycles. The second-order valence-corrected chi connectivity index (χ2v) is 5.73. The van der Waals surface area contributed by atoms with Gasteiger partial charge in [0.25, 0.3) is 11.8 Å². The van der Waals surface area contributed by atoms with Crippen molar-refractivity contribution in [2.24, 2.45) is 5.73 Å². The molecule has 2 N–H and O–H groups in total. The Morgan fingerprint density at radius 2 is 1.90 bits per heavy atom. The number of fused-ring (bicyclic) bond motifs is 1. The van der Waals surface area contributed by atoms with Gasteiger partial charge in [-0.05, 0) is 38.0 Å². The highest BCUT2D eigenvalue weighted by Crippen LogP contribution is 2.29. The van der Waals surface area contributed by atoms with Crippen LogP contribution in [-0.2, 0) is 0 Å². The molecule has 2 atom stereocenters. The lowest BCUT2D eigenvalue weighted by molar-refractivity contribution is 0.0693. The van der Waals surface area contributed by atoms with E-state index in [2.05, 4.69) is 11.8 Å². The van der Waals surface area contributed by atoms with Crippen LogP contribution in [0.3, 0.4) is 0 Å². The number of imide groups is 1. The Hall–Kier alpha value is -1.88. The fourth-order valence-corrected chi connectivity index (χ4v) is 3.12. The van der Waals surface area contributed by atoms with Crippen molar-refractivity contribution in [3.63, 3.8) is 0 Å². The summed E-state index contributed by atoms with van der Waals surface area (Å²) in [6.07, 6.45) is 1.90. The van der Waals surface area contributed by atoms with Crippen LogP contribution in [0.2, 0.25) is 0 Å². The monoisotopic (exact) mass is 273 g/mol. The highest BCUT2D eigenvalue weighted by Gasteiger charge is 2.33. The first-order valence-corrected chi connectivity index (χ1v) is 6.97. The van der Waals surface area contributed by atoms with Crippen LogP contribution in [0.1, 0.15) is 40.5 Å². The number of benzene rings is 1. The standard InChI is InChI=1S/C15H19N3O2/c1-9-7-10(16)5-6-18(9)11-3-4-12-13(8-11)15(20)17(2)14(12)19/h3-4,8-10H,5-7,16H2,1-2H3. The number of anilines is 1. The maximum Gasteiger partial charge on any atom is 0.261 e. The van der Waals surface area contributed by atoms with Gasteiger partial charge < -0.3 is 10.6 Å². The minimum Gasteiger partial charge on any atom is -0.369 e. The summed E-state index contributed by atoms with van der Waals surface area (Å²) in [6, 6.07) is 6.13. The smallest absolute Gasteiger partial charge is 0.261 e. The molecule has 1 saturated heterocycles. The van der Waals surface area contributed by atoms with E-state index in [1.165, 1.54) is 11.9 Å². The maximum absolute atomic E-state index is 12.0. The normalized spacial score (nSPS) is 26.1. The van der Waals surface area contributed by atoms with Gasteiger partial charge in [-0.25, -0.2) is 0 Å². The van der Waals surface area contributed by atoms with Crippen molar-refractivity contribution in [1.29, 1.82) is 0 Å². The van der Waals surface area contributed by atoms with Crippen LogP contribution in [0, 0.1) is 0 Å². The molecule has 0 spiro atoms. The number of hydrogen-bond acceptors (Lipinski definition) is 4. The van der Waals surface area contributed by atoms with Crippen LogP contribution in [0.15, 0.2) is 18.2 Å². The number of hydrogen-bond donors (Lipinski definition) is 1. The lowest BCUT2D eigenvalue weighted by atomic mass is 9.97. The second kappa shape index (κ2) is 4.59. The van der Waals surface area contributed by atoms with Gasteiger partial charge >= 0.3 is 0 Å². The molecular formula is C15H19N3O2. The van der Waals surface area contributed by atoms with Crippen LogP contribution in [0.25, 0.3) is 0 Å². The molecule has 0 radical (unpaired) electrons. The Labute approximate surface area is 118 Å². The third-order valence-electron chi connectivity index (χ3n) is 4.32. The zero-order chi connectivity index (χ0) is 14.4. The first kappa shape index (κ1) is 13.1. The fourth-order valence-electron chi connectivity index (χ4n) is 3.12. The molecule has 0 aromatic heterocycles. The molecule has 106 valence electrons. The molecular weight excluding hydrogens is 254 g/mol. The summed E-state index contributed by atoms with van der Waals surface area (Å²) in [5.74, 6) is -0.432. The Kier molecular flexibility index (Phi) is 3.01. The Balaban J connectivity index is 1.94. The van der Waals surface area contributed by atoms with Crippen LogP contribution < -0.4 is 10.6 Å². The Bertz CT molecular complexity index is 584. The van der Waals surface area contributed by atoms with E-state index in [9.17, 15) is 9.59 Å². The van der Waals surface area contributed by atoms with E-state index in [1.54, 1.807) is 6.07 Å². The van der Waals surface area contributed by atoms with Crippen molar-refractivity contribution in [3.05, 3.63) is 29.3 Å². The number of rotatable bonds is 1. The summed E-state index contributed by atoms with van der Waals surface area (Å²) in [4.78, 5) is 27.4. The van der Waals surface area contributed by atoms with Crippen molar-refractivity contribution >= 4 is 17.5 Å². The lowest BCUT2D eigenvalue weighted by Crippen LogP contribution is -2.45. The third kappa shape index (κ3) is 1.89. The molecule has 2 heterocycles. The molecule has 1 aromatic rings. The first-order chi connectivity index (χ1) is 9.49. The second-order valence-electron chi connectivity index (χ2n) is 5.73. The highest BCUT2D eigenvalue weighted by atomic mass is 16.2. The SMILES string of the molecule is CC1CC(N)CCN1c1ccc2c(c1)C(=O)N(C)C2=O. The van der Waals surface area contributed by atoms with Crippen molar-refractivity contribution in [2.75, 3.05) is 18.5 Å². The van der Waals surface area contributed by atoms with Gasteiger partial charge in [0.15, 0.2) is 0 Å². The fraction of sp³-hybridized carbons (Fsp3) is 0.467. The van der Waals surface area contributed by atoms with Gasteiger partial charge in [-0.2, -0.15) is 0 Å². The predicted octanol–water partition coefficient (Wildman–Crippen LogP) is 1.23. The molecule has 2 amide bonds. The molecule has 20 heavy (non-hydrogen) atoms.